The molecule has 7 nitrogen and oxygen atoms in total. The summed E-state index contributed by atoms with van der Waals surface area (Å²) in [4.78, 5) is 24.4. The van der Waals surface area contributed by atoms with E-state index in [1.807, 2.05) is 0 Å². The van der Waals surface area contributed by atoms with Gasteiger partial charge in [-0.25, -0.2) is 4.79 Å². The number of benzene rings is 1. The fourth-order valence-corrected chi connectivity index (χ4v) is 1.95. The van der Waals surface area contributed by atoms with Crippen molar-refractivity contribution in [1.82, 2.24) is 10.3 Å². The zero-order valence-electron chi connectivity index (χ0n) is 10.3. The smallest absolute Gasteiger partial charge is 0.417 e. The van der Waals surface area contributed by atoms with Crippen molar-refractivity contribution in [3.8, 4) is 0 Å². The normalized spacial score (nSPS) is 14.4. The lowest BCUT2D eigenvalue weighted by molar-refractivity contribution is -0.138. The van der Waals surface area contributed by atoms with Gasteiger partial charge in [0.05, 0.1) is 5.52 Å². The molecule has 0 spiro atoms. The highest BCUT2D eigenvalue weighted by Gasteiger charge is 2.19. The van der Waals surface area contributed by atoms with Crippen LogP contribution in [0.25, 0.3) is 11.1 Å². The third kappa shape index (κ3) is 2.83. The van der Waals surface area contributed by atoms with Crippen LogP contribution in [0.4, 0.5) is 0 Å². The molecule has 2 atom stereocenters. The molecule has 1 aromatic heterocycles. The van der Waals surface area contributed by atoms with Gasteiger partial charge in [-0.1, -0.05) is 6.07 Å². The standard InChI is InChI=1S/C12H15N3O4/c1-14-9(5-7(13)11(16)17)6-2-3-8-10(4-6)19-12(18)15-8/h2-4,7,9,14H,5,13H2,1H3,(H,15,18)(H,16,17). The van der Waals surface area contributed by atoms with Crippen LogP contribution in [0, 0.1) is 0 Å². The van der Waals surface area contributed by atoms with Gasteiger partial charge in [-0.05, 0) is 31.2 Å². The van der Waals surface area contributed by atoms with Crippen molar-refractivity contribution < 1.29 is 14.3 Å². The van der Waals surface area contributed by atoms with Crippen molar-refractivity contribution in [1.29, 1.82) is 0 Å². The van der Waals surface area contributed by atoms with Crippen LogP contribution in [0.5, 0.6) is 0 Å². The first kappa shape index (κ1) is 13.3. The van der Waals surface area contributed by atoms with Crippen molar-refractivity contribution in [3.05, 3.63) is 34.3 Å². The van der Waals surface area contributed by atoms with Gasteiger partial charge in [0.1, 0.15) is 6.04 Å². The Kier molecular flexibility index (Phi) is 3.68. The van der Waals surface area contributed by atoms with Gasteiger partial charge in [0.25, 0.3) is 0 Å². The van der Waals surface area contributed by atoms with Crippen molar-refractivity contribution >= 4 is 17.1 Å². The summed E-state index contributed by atoms with van der Waals surface area (Å²) in [7, 11) is 1.72. The molecule has 0 aliphatic heterocycles. The van der Waals surface area contributed by atoms with Gasteiger partial charge in [-0.3, -0.25) is 9.78 Å². The number of hydrogen-bond donors (Lipinski definition) is 4. The Bertz CT molecular complexity index is 646. The molecule has 0 fully saturated rings. The predicted molar refractivity (Wildman–Crippen MR) is 68.9 cm³/mol. The Morgan fingerprint density at radius 1 is 1.58 bits per heavy atom. The molecule has 102 valence electrons. The summed E-state index contributed by atoms with van der Waals surface area (Å²) in [5.41, 5.74) is 7.38. The minimum Gasteiger partial charge on any atom is -0.480 e. The lowest BCUT2D eigenvalue weighted by Gasteiger charge is -2.18. The van der Waals surface area contributed by atoms with Crippen LogP contribution in [0.1, 0.15) is 18.0 Å². The predicted octanol–water partition coefficient (Wildman–Crippen LogP) is 0.184. The van der Waals surface area contributed by atoms with Crippen LogP contribution in [0.2, 0.25) is 0 Å². The van der Waals surface area contributed by atoms with E-state index in [4.69, 9.17) is 15.3 Å². The van der Waals surface area contributed by atoms with Crippen LogP contribution in [0.3, 0.4) is 0 Å². The summed E-state index contributed by atoms with van der Waals surface area (Å²) in [5, 5.41) is 11.8. The van der Waals surface area contributed by atoms with E-state index in [0.29, 0.717) is 11.1 Å². The van der Waals surface area contributed by atoms with E-state index in [-0.39, 0.29) is 12.5 Å². The van der Waals surface area contributed by atoms with Gasteiger partial charge in [0.15, 0.2) is 5.58 Å². The Labute approximate surface area is 108 Å². The summed E-state index contributed by atoms with van der Waals surface area (Å²) in [5.74, 6) is -1.56. The van der Waals surface area contributed by atoms with E-state index in [1.165, 1.54) is 0 Å². The number of H-pyrrole nitrogens is 1. The average molecular weight is 265 g/mol. The van der Waals surface area contributed by atoms with Gasteiger partial charge >= 0.3 is 11.7 Å². The zero-order valence-corrected chi connectivity index (χ0v) is 10.3. The third-order valence-corrected chi connectivity index (χ3v) is 3.00. The average Bonchev–Trinajstić information content (AvgIpc) is 2.74. The van der Waals surface area contributed by atoms with Crippen LogP contribution in [-0.2, 0) is 4.79 Å². The molecule has 0 radical (unpaired) electrons. The van der Waals surface area contributed by atoms with Gasteiger partial charge < -0.3 is 20.6 Å². The molecule has 0 saturated carbocycles. The van der Waals surface area contributed by atoms with Crippen LogP contribution >= 0.6 is 0 Å². The number of aromatic nitrogens is 1. The minimum absolute atomic E-state index is 0.226. The number of aliphatic carboxylic acids is 1. The van der Waals surface area contributed by atoms with E-state index in [2.05, 4.69) is 10.3 Å². The molecule has 19 heavy (non-hydrogen) atoms. The molecule has 0 aliphatic carbocycles. The molecule has 1 aromatic carbocycles. The molecule has 2 aromatic rings. The SMILES string of the molecule is CNC(CC(N)C(=O)O)c1ccc2[nH]c(=O)oc2c1. The maximum atomic E-state index is 11.1. The number of carboxylic acids is 1. The first-order valence-electron chi connectivity index (χ1n) is 5.79. The number of aromatic amines is 1. The molecule has 1 heterocycles. The Morgan fingerprint density at radius 3 is 2.95 bits per heavy atom. The topological polar surface area (TPSA) is 121 Å². The van der Waals surface area contributed by atoms with Gasteiger partial charge in [0.2, 0.25) is 0 Å². The van der Waals surface area contributed by atoms with E-state index in [1.54, 1.807) is 25.2 Å². The number of oxazole rings is 1. The summed E-state index contributed by atoms with van der Waals surface area (Å²) in [6.45, 7) is 0. The Morgan fingerprint density at radius 2 is 2.32 bits per heavy atom. The fourth-order valence-electron chi connectivity index (χ4n) is 1.95. The molecule has 5 N–H and O–H groups in total. The molecule has 0 saturated heterocycles. The molecule has 0 bridgehead atoms. The van der Waals surface area contributed by atoms with Gasteiger partial charge in [0, 0.05) is 6.04 Å². The molecule has 2 unspecified atom stereocenters. The first-order chi connectivity index (χ1) is 9.01. The molecular formula is C12H15N3O4. The maximum Gasteiger partial charge on any atom is 0.417 e. The molecule has 0 aliphatic rings. The van der Waals surface area contributed by atoms with E-state index >= 15 is 0 Å². The lowest BCUT2D eigenvalue weighted by Crippen LogP contribution is -2.34. The monoisotopic (exact) mass is 265 g/mol. The molecule has 2 rings (SSSR count). The quantitative estimate of drug-likeness (QED) is 0.612. The summed E-state index contributed by atoms with van der Waals surface area (Å²) in [6, 6.07) is 4.03. The first-order valence-corrected chi connectivity index (χ1v) is 5.79. The number of fused-ring (bicyclic) bond motifs is 1. The largest absolute Gasteiger partial charge is 0.480 e. The summed E-state index contributed by atoms with van der Waals surface area (Å²) >= 11 is 0. The number of carbonyl (C=O) groups is 1. The summed E-state index contributed by atoms with van der Waals surface area (Å²) < 4.78 is 4.97. The van der Waals surface area contributed by atoms with E-state index in [0.717, 1.165) is 5.56 Å². The second-order valence-electron chi connectivity index (χ2n) is 4.29. The highest BCUT2D eigenvalue weighted by molar-refractivity contribution is 5.74. The fraction of sp³-hybridized carbons (Fsp3) is 0.333. The van der Waals surface area contributed by atoms with Crippen molar-refractivity contribution in [3.63, 3.8) is 0 Å². The highest BCUT2D eigenvalue weighted by atomic mass is 16.4. The van der Waals surface area contributed by atoms with E-state index in [9.17, 15) is 9.59 Å². The van der Waals surface area contributed by atoms with Gasteiger partial charge in [-0.15, -0.1) is 0 Å². The summed E-state index contributed by atoms with van der Waals surface area (Å²) in [6.07, 6.45) is 0.242. The maximum absolute atomic E-state index is 11.1. The lowest BCUT2D eigenvalue weighted by atomic mass is 9.99. The Hall–Kier alpha value is -2.12. The number of hydrogen-bond acceptors (Lipinski definition) is 5. The minimum atomic E-state index is -1.05. The third-order valence-electron chi connectivity index (χ3n) is 3.00. The van der Waals surface area contributed by atoms with Crippen LogP contribution in [-0.4, -0.2) is 29.1 Å². The van der Waals surface area contributed by atoms with Gasteiger partial charge in [-0.2, -0.15) is 0 Å². The highest BCUT2D eigenvalue weighted by Crippen LogP contribution is 2.21. The van der Waals surface area contributed by atoms with Crippen LogP contribution < -0.4 is 16.8 Å². The number of nitrogens with two attached hydrogens (primary N) is 1. The number of carboxylic acid groups (broad SMARTS) is 1. The molecule has 7 heteroatoms. The van der Waals surface area contributed by atoms with Crippen molar-refractivity contribution in [2.45, 2.75) is 18.5 Å². The second kappa shape index (κ2) is 5.25. The second-order valence-corrected chi connectivity index (χ2v) is 4.29. The molecular weight excluding hydrogens is 250 g/mol. The number of rotatable bonds is 5. The van der Waals surface area contributed by atoms with Crippen LogP contribution in [0.15, 0.2) is 27.4 Å². The van der Waals surface area contributed by atoms with Crippen molar-refractivity contribution in [2.24, 2.45) is 5.73 Å². The number of nitrogens with one attached hydrogen (secondary N) is 2. The molecule has 0 amide bonds. The van der Waals surface area contributed by atoms with E-state index < -0.39 is 17.8 Å². The van der Waals surface area contributed by atoms with Crippen molar-refractivity contribution in [2.75, 3.05) is 7.05 Å². The zero-order chi connectivity index (χ0) is 14.0. The Balaban J connectivity index is 2.29.